The van der Waals surface area contributed by atoms with Gasteiger partial charge >= 0.3 is 0 Å². The van der Waals surface area contributed by atoms with E-state index in [0.717, 1.165) is 0 Å². The average molecular weight is 268 g/mol. The van der Waals surface area contributed by atoms with E-state index in [4.69, 9.17) is 16.1 Å². The summed E-state index contributed by atoms with van der Waals surface area (Å²) >= 11 is 5.72. The zero-order valence-electron chi connectivity index (χ0n) is 9.51. The molecule has 18 heavy (non-hydrogen) atoms. The molecule has 1 aromatic heterocycles. The van der Waals surface area contributed by atoms with Crippen LogP contribution >= 0.6 is 11.6 Å². The lowest BCUT2D eigenvalue weighted by atomic mass is 10.2. The van der Waals surface area contributed by atoms with E-state index in [1.165, 1.54) is 6.07 Å². The summed E-state index contributed by atoms with van der Waals surface area (Å²) in [5.74, 6) is 0.692. The van der Waals surface area contributed by atoms with Gasteiger partial charge in [0.25, 0.3) is 5.69 Å². The van der Waals surface area contributed by atoms with Crippen LogP contribution in [0, 0.1) is 17.0 Å². The van der Waals surface area contributed by atoms with Crippen molar-refractivity contribution >= 4 is 23.0 Å². The summed E-state index contributed by atoms with van der Waals surface area (Å²) in [6.07, 6.45) is 0. The monoisotopic (exact) mass is 267 g/mol. The maximum atomic E-state index is 10.9. The first kappa shape index (κ1) is 12.4. The normalized spacial score (nSPS) is 10.3. The maximum Gasteiger partial charge on any atom is 0.293 e. The highest BCUT2D eigenvalue weighted by molar-refractivity contribution is 6.30. The van der Waals surface area contributed by atoms with Crippen molar-refractivity contribution in [3.8, 4) is 0 Å². The van der Waals surface area contributed by atoms with E-state index in [9.17, 15) is 10.1 Å². The molecule has 0 spiro atoms. The number of nitro benzene ring substituents is 1. The molecule has 0 fully saturated rings. The van der Waals surface area contributed by atoms with Crippen molar-refractivity contribution in [1.82, 2.24) is 5.16 Å². The summed E-state index contributed by atoms with van der Waals surface area (Å²) in [5, 5.41) is 17.9. The highest BCUT2D eigenvalue weighted by Gasteiger charge is 2.14. The Labute approximate surface area is 108 Å². The van der Waals surface area contributed by atoms with Gasteiger partial charge < -0.3 is 9.84 Å². The number of aromatic nitrogens is 1. The molecule has 1 aromatic carbocycles. The lowest BCUT2D eigenvalue weighted by Crippen LogP contribution is -2.02. The van der Waals surface area contributed by atoms with E-state index in [2.05, 4.69) is 10.5 Å². The van der Waals surface area contributed by atoms with E-state index >= 15 is 0 Å². The average Bonchev–Trinajstić information content (AvgIpc) is 2.73. The lowest BCUT2D eigenvalue weighted by molar-refractivity contribution is -0.383. The summed E-state index contributed by atoms with van der Waals surface area (Å²) in [5.41, 5.74) is 1.00. The van der Waals surface area contributed by atoms with Gasteiger partial charge in [0.15, 0.2) is 0 Å². The SMILES string of the molecule is Cc1cc(CNc2ccc(Cl)cc2[N+](=O)[O-])no1. The van der Waals surface area contributed by atoms with Crippen LogP contribution in [-0.4, -0.2) is 10.1 Å². The van der Waals surface area contributed by atoms with Crippen LogP contribution in [0.25, 0.3) is 0 Å². The van der Waals surface area contributed by atoms with E-state index in [-0.39, 0.29) is 5.69 Å². The maximum absolute atomic E-state index is 10.9. The second-order valence-electron chi connectivity index (χ2n) is 3.70. The van der Waals surface area contributed by atoms with Gasteiger partial charge in [0.1, 0.15) is 17.1 Å². The first-order valence-electron chi connectivity index (χ1n) is 5.16. The van der Waals surface area contributed by atoms with Crippen LogP contribution < -0.4 is 5.32 Å². The Hall–Kier alpha value is -2.08. The van der Waals surface area contributed by atoms with Gasteiger partial charge in [-0.2, -0.15) is 0 Å². The number of anilines is 1. The minimum Gasteiger partial charge on any atom is -0.374 e. The van der Waals surface area contributed by atoms with Crippen LogP contribution in [0.4, 0.5) is 11.4 Å². The molecule has 2 aromatic rings. The molecular formula is C11H10ClN3O3. The van der Waals surface area contributed by atoms with Crippen molar-refractivity contribution in [2.24, 2.45) is 0 Å². The minimum absolute atomic E-state index is 0.0669. The smallest absolute Gasteiger partial charge is 0.293 e. The summed E-state index contributed by atoms with van der Waals surface area (Å²) < 4.78 is 4.90. The Balaban J connectivity index is 2.16. The summed E-state index contributed by atoms with van der Waals surface area (Å²) in [6, 6.07) is 6.21. The Morgan fingerprint density at radius 1 is 1.50 bits per heavy atom. The number of aryl methyl sites for hydroxylation is 1. The first-order chi connectivity index (χ1) is 8.56. The van der Waals surface area contributed by atoms with Crippen molar-refractivity contribution in [3.05, 3.63) is 50.9 Å². The van der Waals surface area contributed by atoms with Crippen LogP contribution in [0.15, 0.2) is 28.8 Å². The molecule has 0 saturated carbocycles. The predicted octanol–water partition coefficient (Wildman–Crippen LogP) is 3.16. The third kappa shape index (κ3) is 2.78. The highest BCUT2D eigenvalue weighted by Crippen LogP contribution is 2.28. The lowest BCUT2D eigenvalue weighted by Gasteiger charge is -2.05. The molecule has 94 valence electrons. The van der Waals surface area contributed by atoms with E-state index < -0.39 is 4.92 Å². The van der Waals surface area contributed by atoms with E-state index in [1.54, 1.807) is 25.1 Å². The molecule has 0 saturated heterocycles. The Morgan fingerprint density at radius 3 is 2.89 bits per heavy atom. The quantitative estimate of drug-likeness (QED) is 0.680. The van der Waals surface area contributed by atoms with Crippen LogP contribution in [0.5, 0.6) is 0 Å². The van der Waals surface area contributed by atoms with Crippen molar-refractivity contribution < 1.29 is 9.45 Å². The van der Waals surface area contributed by atoms with Crippen molar-refractivity contribution in [3.63, 3.8) is 0 Å². The Kier molecular flexibility index (Phi) is 3.47. The molecule has 0 bridgehead atoms. The van der Waals surface area contributed by atoms with Crippen LogP contribution in [0.3, 0.4) is 0 Å². The molecule has 0 aliphatic carbocycles. The zero-order chi connectivity index (χ0) is 13.1. The fourth-order valence-corrected chi connectivity index (χ4v) is 1.66. The Morgan fingerprint density at radius 2 is 2.28 bits per heavy atom. The van der Waals surface area contributed by atoms with Gasteiger partial charge in [-0.25, -0.2) is 0 Å². The zero-order valence-corrected chi connectivity index (χ0v) is 10.3. The number of nitrogens with zero attached hydrogens (tertiary/aromatic N) is 2. The molecule has 7 heteroatoms. The standard InChI is InChI=1S/C11H10ClN3O3/c1-7-4-9(14-18-7)6-13-10-3-2-8(12)5-11(10)15(16)17/h2-5,13H,6H2,1H3. The number of halogens is 1. The molecule has 2 rings (SSSR count). The number of rotatable bonds is 4. The molecule has 0 amide bonds. The molecule has 0 radical (unpaired) electrons. The number of nitrogens with one attached hydrogen (secondary N) is 1. The number of hydrogen-bond donors (Lipinski definition) is 1. The van der Waals surface area contributed by atoms with Gasteiger partial charge in [0.2, 0.25) is 0 Å². The molecule has 0 aliphatic rings. The third-order valence-corrected chi connectivity index (χ3v) is 2.53. The fraction of sp³-hybridized carbons (Fsp3) is 0.182. The van der Waals surface area contributed by atoms with Gasteiger partial charge in [0, 0.05) is 17.2 Å². The largest absolute Gasteiger partial charge is 0.374 e. The second kappa shape index (κ2) is 5.05. The van der Waals surface area contributed by atoms with Gasteiger partial charge in [-0.15, -0.1) is 0 Å². The van der Waals surface area contributed by atoms with Crippen molar-refractivity contribution in [1.29, 1.82) is 0 Å². The van der Waals surface area contributed by atoms with Crippen molar-refractivity contribution in [2.75, 3.05) is 5.32 Å². The minimum atomic E-state index is -0.484. The van der Waals surface area contributed by atoms with Crippen LogP contribution in [0.1, 0.15) is 11.5 Å². The molecule has 0 unspecified atom stereocenters. The van der Waals surface area contributed by atoms with Gasteiger partial charge in [-0.3, -0.25) is 10.1 Å². The first-order valence-corrected chi connectivity index (χ1v) is 5.54. The molecular weight excluding hydrogens is 258 g/mol. The Bertz CT molecular complexity index is 583. The van der Waals surface area contributed by atoms with Gasteiger partial charge in [0.05, 0.1) is 11.5 Å². The van der Waals surface area contributed by atoms with Gasteiger partial charge in [-0.1, -0.05) is 16.8 Å². The number of nitro groups is 1. The summed E-state index contributed by atoms with van der Waals surface area (Å²) in [7, 11) is 0. The molecule has 0 aliphatic heterocycles. The van der Waals surface area contributed by atoms with Gasteiger partial charge in [-0.05, 0) is 19.1 Å². The topological polar surface area (TPSA) is 81.2 Å². The number of hydrogen-bond acceptors (Lipinski definition) is 5. The van der Waals surface area contributed by atoms with Crippen LogP contribution in [0.2, 0.25) is 5.02 Å². The third-order valence-electron chi connectivity index (χ3n) is 2.29. The fourth-order valence-electron chi connectivity index (χ4n) is 1.49. The molecule has 1 N–H and O–H groups in total. The van der Waals surface area contributed by atoms with E-state index in [1.807, 2.05) is 0 Å². The van der Waals surface area contributed by atoms with Crippen LogP contribution in [-0.2, 0) is 6.54 Å². The highest BCUT2D eigenvalue weighted by atomic mass is 35.5. The molecule has 0 atom stereocenters. The second-order valence-corrected chi connectivity index (χ2v) is 4.14. The summed E-state index contributed by atoms with van der Waals surface area (Å²) in [6.45, 7) is 2.13. The molecule has 1 heterocycles. The molecule has 6 nitrogen and oxygen atoms in total. The number of benzene rings is 1. The summed E-state index contributed by atoms with van der Waals surface area (Å²) in [4.78, 5) is 10.4. The predicted molar refractivity (Wildman–Crippen MR) is 66.7 cm³/mol. The van der Waals surface area contributed by atoms with Crippen molar-refractivity contribution in [2.45, 2.75) is 13.5 Å². The van der Waals surface area contributed by atoms with E-state index in [0.29, 0.717) is 28.7 Å².